The zero-order valence-corrected chi connectivity index (χ0v) is 6.32. The Bertz CT molecular complexity index is 301. The van der Waals surface area contributed by atoms with E-state index in [4.69, 9.17) is 15.2 Å². The fourth-order valence-electron chi connectivity index (χ4n) is 0.619. The van der Waals surface area contributed by atoms with Gasteiger partial charge in [-0.1, -0.05) is 12.1 Å². The zero-order chi connectivity index (χ0) is 10.3. The van der Waals surface area contributed by atoms with Crippen LogP contribution in [0.3, 0.4) is 0 Å². The Morgan fingerprint density at radius 3 is 2.15 bits per heavy atom. The van der Waals surface area contributed by atoms with Crippen LogP contribution in [0.2, 0.25) is 0 Å². The fraction of sp³-hybridized carbons (Fsp3) is 0. The summed E-state index contributed by atoms with van der Waals surface area (Å²) >= 11 is 0. The molecule has 0 amide bonds. The van der Waals surface area contributed by atoms with Crippen molar-refractivity contribution in [2.75, 3.05) is 0 Å². The number of phenolic OH excluding ortho intramolecular Hbond substituents is 1. The van der Waals surface area contributed by atoms with Crippen LogP contribution in [0, 0.1) is 15.0 Å². The molecule has 0 fully saturated rings. The molecule has 0 atom stereocenters. The second-order valence-electron chi connectivity index (χ2n) is 1.83. The third-order valence-electron chi connectivity index (χ3n) is 1.08. The van der Waals surface area contributed by atoms with Gasteiger partial charge in [0, 0.05) is 6.07 Å². The summed E-state index contributed by atoms with van der Waals surface area (Å²) in [6.07, 6.45) is 0. The highest BCUT2D eigenvalue weighted by Gasteiger charge is 2.09. The molecule has 13 heavy (non-hydrogen) atoms. The van der Waals surface area contributed by atoms with Crippen molar-refractivity contribution in [1.82, 2.24) is 0 Å². The summed E-state index contributed by atoms with van der Waals surface area (Å²) in [6, 6.07) is 5.55. The van der Waals surface area contributed by atoms with Gasteiger partial charge in [-0.15, -0.1) is 4.91 Å². The highest BCUT2D eigenvalue weighted by molar-refractivity contribution is 5.44. The molecule has 0 saturated heterocycles. The van der Waals surface area contributed by atoms with Gasteiger partial charge in [-0.05, 0) is 6.07 Å². The van der Waals surface area contributed by atoms with Gasteiger partial charge in [0.1, 0.15) is 0 Å². The highest BCUT2D eigenvalue weighted by Crippen LogP contribution is 2.23. The van der Waals surface area contributed by atoms with Crippen LogP contribution < -0.4 is 0 Å². The number of benzene rings is 1. The number of para-hydroxylation sites is 2. The lowest BCUT2D eigenvalue weighted by Crippen LogP contribution is -1.86. The Morgan fingerprint density at radius 1 is 1.38 bits per heavy atom. The molecule has 0 heterocycles. The Kier molecular flexibility index (Phi) is 4.55. The Labute approximate surface area is 72.3 Å². The minimum Gasteiger partial charge on any atom is -0.502 e. The van der Waals surface area contributed by atoms with Crippen molar-refractivity contribution in [1.29, 1.82) is 0 Å². The summed E-state index contributed by atoms with van der Waals surface area (Å²) in [7, 11) is 0. The van der Waals surface area contributed by atoms with Gasteiger partial charge in [-0.2, -0.15) is 0 Å². The first-order valence-electron chi connectivity index (χ1n) is 3.02. The maximum absolute atomic E-state index is 10.1. The summed E-state index contributed by atoms with van der Waals surface area (Å²) in [5, 5.41) is 26.8. The van der Waals surface area contributed by atoms with Gasteiger partial charge >= 0.3 is 5.69 Å². The number of hydrogen-bond acceptors (Lipinski definition) is 5. The second kappa shape index (κ2) is 5.47. The van der Waals surface area contributed by atoms with Crippen LogP contribution in [0.5, 0.6) is 5.75 Å². The van der Waals surface area contributed by atoms with E-state index in [0.717, 1.165) is 0 Å². The molecule has 0 saturated carbocycles. The number of nitro groups is 1. The lowest BCUT2D eigenvalue weighted by Gasteiger charge is -1.91. The molecule has 2 N–H and O–H groups in total. The number of rotatable bonds is 1. The van der Waals surface area contributed by atoms with Crippen molar-refractivity contribution in [3.63, 3.8) is 0 Å². The Morgan fingerprint density at radius 2 is 1.85 bits per heavy atom. The van der Waals surface area contributed by atoms with E-state index < -0.39 is 4.92 Å². The zero-order valence-electron chi connectivity index (χ0n) is 6.32. The Balaban J connectivity index is 0.000000424. The number of nitro benzene ring substituents is 1. The molecule has 0 spiro atoms. The van der Waals surface area contributed by atoms with Gasteiger partial charge in [-0.25, -0.2) is 0 Å². The minimum absolute atomic E-state index is 0.262. The van der Waals surface area contributed by atoms with E-state index in [1.54, 1.807) is 0 Å². The lowest BCUT2D eigenvalue weighted by atomic mass is 10.3. The van der Waals surface area contributed by atoms with E-state index >= 15 is 0 Å². The summed E-state index contributed by atoms with van der Waals surface area (Å²) in [4.78, 5) is 17.5. The molecule has 70 valence electrons. The van der Waals surface area contributed by atoms with Crippen LogP contribution >= 0.6 is 0 Å². The first-order valence-corrected chi connectivity index (χ1v) is 3.02. The lowest BCUT2D eigenvalue weighted by molar-refractivity contribution is -0.385. The molecule has 1 rings (SSSR count). The molecule has 0 unspecified atom stereocenters. The summed E-state index contributed by atoms with van der Waals surface area (Å²) < 4.78 is 0. The van der Waals surface area contributed by atoms with Crippen LogP contribution in [-0.4, -0.2) is 15.2 Å². The monoisotopic (exact) mass is 186 g/mol. The van der Waals surface area contributed by atoms with E-state index in [0.29, 0.717) is 0 Å². The van der Waals surface area contributed by atoms with Gasteiger partial charge in [0.25, 0.3) is 0 Å². The topological polar surface area (TPSA) is 113 Å². The van der Waals surface area contributed by atoms with Crippen LogP contribution in [-0.2, 0) is 0 Å². The molecule has 0 aliphatic rings. The van der Waals surface area contributed by atoms with Gasteiger partial charge in [0.05, 0.1) is 4.92 Å². The van der Waals surface area contributed by atoms with Crippen molar-refractivity contribution >= 4 is 5.69 Å². The van der Waals surface area contributed by atoms with E-state index in [9.17, 15) is 10.1 Å². The van der Waals surface area contributed by atoms with E-state index in [-0.39, 0.29) is 11.4 Å². The van der Waals surface area contributed by atoms with Gasteiger partial charge in [-0.3, -0.25) is 10.1 Å². The molecule has 0 radical (unpaired) electrons. The third kappa shape index (κ3) is 3.65. The summed E-state index contributed by atoms with van der Waals surface area (Å²) in [5.41, 5.74) is -0.262. The third-order valence-corrected chi connectivity index (χ3v) is 1.08. The molecular formula is C6H6N2O5. The maximum atomic E-state index is 10.1. The molecule has 0 aliphatic carbocycles. The standard InChI is InChI=1S/C6H5NO3.HNO2/c8-6-4-2-1-3-5(6)7(9)10;2-1-3/h1-4,8H;(H,2,3). The van der Waals surface area contributed by atoms with Gasteiger partial charge in [0.2, 0.25) is 0 Å². The second-order valence-corrected chi connectivity index (χ2v) is 1.83. The summed E-state index contributed by atoms with van der Waals surface area (Å²) in [5.74, 6) is -0.299. The molecule has 1 aromatic carbocycles. The SMILES string of the molecule is O=NO.O=[N+]([O-])c1ccccc1O. The van der Waals surface area contributed by atoms with Crippen molar-refractivity contribution in [3.8, 4) is 5.75 Å². The molecule has 0 aliphatic heterocycles. The Hall–Kier alpha value is -2.18. The van der Waals surface area contributed by atoms with Crippen molar-refractivity contribution in [2.24, 2.45) is 5.34 Å². The predicted molar refractivity (Wildman–Crippen MR) is 42.3 cm³/mol. The van der Waals surface area contributed by atoms with E-state index in [1.807, 2.05) is 0 Å². The smallest absolute Gasteiger partial charge is 0.310 e. The van der Waals surface area contributed by atoms with Crippen molar-refractivity contribution in [3.05, 3.63) is 39.3 Å². The molecular weight excluding hydrogens is 180 g/mol. The first-order chi connectivity index (χ1) is 6.13. The number of hydrogen-bond donors (Lipinski definition) is 2. The van der Waals surface area contributed by atoms with Crippen LogP contribution in [0.1, 0.15) is 0 Å². The molecule has 0 aromatic heterocycles. The van der Waals surface area contributed by atoms with Crippen molar-refractivity contribution in [2.45, 2.75) is 0 Å². The van der Waals surface area contributed by atoms with Crippen LogP contribution in [0.4, 0.5) is 5.69 Å². The van der Waals surface area contributed by atoms with Crippen LogP contribution in [0.15, 0.2) is 29.6 Å². The number of nitrogens with zero attached hydrogens (tertiary/aromatic N) is 2. The average molecular weight is 186 g/mol. The largest absolute Gasteiger partial charge is 0.502 e. The number of phenols is 1. The minimum atomic E-state index is -0.630. The van der Waals surface area contributed by atoms with Gasteiger partial charge in [0.15, 0.2) is 11.1 Å². The first kappa shape index (κ1) is 10.8. The van der Waals surface area contributed by atoms with Gasteiger partial charge < -0.3 is 10.3 Å². The maximum Gasteiger partial charge on any atom is 0.310 e. The molecule has 1 aromatic rings. The quantitative estimate of drug-likeness (QED) is 0.391. The highest BCUT2D eigenvalue weighted by atomic mass is 16.6. The average Bonchev–Trinajstić information content (AvgIpc) is 2.06. The normalized spacial score (nSPS) is 8.00. The number of aromatic hydroxyl groups is 1. The van der Waals surface area contributed by atoms with Crippen molar-refractivity contribution < 1.29 is 15.2 Å². The molecule has 0 bridgehead atoms. The van der Waals surface area contributed by atoms with E-state index in [1.165, 1.54) is 29.6 Å². The predicted octanol–water partition coefficient (Wildman–Crippen LogP) is 1.44. The molecule has 7 heteroatoms. The van der Waals surface area contributed by atoms with E-state index in [2.05, 4.69) is 0 Å². The molecule has 7 nitrogen and oxygen atoms in total. The van der Waals surface area contributed by atoms with Crippen LogP contribution in [0.25, 0.3) is 0 Å². The summed E-state index contributed by atoms with van der Waals surface area (Å²) in [6.45, 7) is 0. The fourth-order valence-corrected chi connectivity index (χ4v) is 0.619.